The topological polar surface area (TPSA) is 81.7 Å². The third-order valence-corrected chi connectivity index (χ3v) is 6.70. The van der Waals surface area contributed by atoms with Crippen molar-refractivity contribution in [3.8, 4) is 23.0 Å². The van der Waals surface area contributed by atoms with Crippen LogP contribution in [0.1, 0.15) is 28.2 Å². The van der Waals surface area contributed by atoms with Crippen LogP contribution in [-0.4, -0.2) is 54.5 Å². The van der Waals surface area contributed by atoms with Gasteiger partial charge in [0.2, 0.25) is 0 Å². The van der Waals surface area contributed by atoms with Crippen LogP contribution in [0.25, 0.3) is 24.3 Å². The molecule has 8 heteroatoms. The van der Waals surface area contributed by atoms with Gasteiger partial charge in [0, 0.05) is 43.0 Å². The van der Waals surface area contributed by atoms with Gasteiger partial charge >= 0.3 is 0 Å². The third-order valence-electron chi connectivity index (χ3n) is 6.70. The van der Waals surface area contributed by atoms with Crippen LogP contribution in [-0.2, 0) is 6.61 Å². The van der Waals surface area contributed by atoms with E-state index in [4.69, 9.17) is 18.9 Å². The summed E-state index contributed by atoms with van der Waals surface area (Å²) < 4.78 is 23.1. The van der Waals surface area contributed by atoms with Crippen LogP contribution in [0.4, 0.5) is 0 Å². The van der Waals surface area contributed by atoms with Crippen LogP contribution in [0.3, 0.4) is 0 Å². The number of likely N-dealkylation sites (N-methyl/N-ethyl adjacent to an activating group) is 1. The maximum atomic E-state index is 6.01. The maximum absolute atomic E-state index is 6.01. The predicted octanol–water partition coefficient (Wildman–Crippen LogP) is 6.51. The Morgan fingerprint density at radius 2 is 1.55 bits per heavy atom. The lowest BCUT2D eigenvalue weighted by atomic mass is 10.1. The van der Waals surface area contributed by atoms with Crippen molar-refractivity contribution in [3.05, 3.63) is 119 Å². The average molecular weight is 563 g/mol. The lowest BCUT2D eigenvalue weighted by Gasteiger charge is -2.23. The first-order chi connectivity index (χ1) is 20.6. The van der Waals surface area contributed by atoms with Crippen molar-refractivity contribution in [2.45, 2.75) is 6.61 Å². The highest BCUT2D eigenvalue weighted by molar-refractivity contribution is 5.75. The van der Waals surface area contributed by atoms with Crippen LogP contribution in [0, 0.1) is 0 Å². The molecule has 1 aliphatic rings. The molecule has 2 aromatic carbocycles. The molecule has 0 saturated carbocycles. The van der Waals surface area contributed by atoms with Crippen LogP contribution >= 0.6 is 0 Å². The molecule has 0 atom stereocenters. The number of nitrogens with one attached hydrogen (secondary N) is 1. The summed E-state index contributed by atoms with van der Waals surface area (Å²) >= 11 is 0. The minimum atomic E-state index is 0.390. The number of methoxy groups -OCH3 is 2. The van der Waals surface area contributed by atoms with Crippen molar-refractivity contribution in [1.82, 2.24) is 20.1 Å². The van der Waals surface area contributed by atoms with E-state index in [0.717, 1.165) is 51.9 Å². The summed E-state index contributed by atoms with van der Waals surface area (Å²) in [5.41, 5.74) is 5.50. The molecule has 4 aromatic rings. The molecular weight excluding hydrogens is 528 g/mol. The van der Waals surface area contributed by atoms with Crippen LogP contribution in [0.2, 0.25) is 0 Å². The van der Waals surface area contributed by atoms with Gasteiger partial charge < -0.3 is 23.8 Å². The number of allylic oxidation sites excluding steroid dienone is 2. The van der Waals surface area contributed by atoms with Gasteiger partial charge in [0.25, 0.3) is 0 Å². The summed E-state index contributed by atoms with van der Waals surface area (Å²) in [5, 5.41) is 7.48. The largest absolute Gasteiger partial charge is 0.496 e. The molecule has 1 aliphatic heterocycles. The second-order valence-corrected chi connectivity index (χ2v) is 9.59. The molecule has 0 aliphatic carbocycles. The standard InChI is InChI=1S/C34H34N4O4/c1-38-19-7-5-9-30(38)24-42-32-17-13-26(34(22-32)40-3)11-15-28-20-27(36-37-28)14-10-25-12-16-31(21-33(25)39-2)41-23-29-8-4-6-18-35-29/h4-18,20-22H,19,23-24H2,1-3H3,(H,36,37)/b14-10+,15-11+. The van der Waals surface area contributed by atoms with Gasteiger partial charge in [-0.05, 0) is 72.8 Å². The van der Waals surface area contributed by atoms with Gasteiger partial charge in [0.15, 0.2) is 0 Å². The summed E-state index contributed by atoms with van der Waals surface area (Å²) in [6, 6.07) is 19.3. The minimum Gasteiger partial charge on any atom is -0.496 e. The molecular formula is C34H34N4O4. The number of hydrogen-bond acceptors (Lipinski definition) is 7. The molecule has 2 aromatic heterocycles. The molecule has 0 spiro atoms. The number of hydrogen-bond donors (Lipinski definition) is 1. The van der Waals surface area contributed by atoms with Crippen molar-refractivity contribution < 1.29 is 18.9 Å². The van der Waals surface area contributed by atoms with Crippen molar-refractivity contribution >= 4 is 24.3 Å². The molecule has 0 unspecified atom stereocenters. The number of benzene rings is 2. The number of H-pyrrole nitrogens is 1. The van der Waals surface area contributed by atoms with Gasteiger partial charge in [-0.15, -0.1) is 0 Å². The summed E-state index contributed by atoms with van der Waals surface area (Å²) in [6.45, 7) is 1.78. The molecule has 42 heavy (non-hydrogen) atoms. The fourth-order valence-corrected chi connectivity index (χ4v) is 4.32. The fraction of sp³-hybridized carbons (Fsp3) is 0.176. The number of nitrogens with zero attached hydrogens (tertiary/aromatic N) is 3. The van der Waals surface area contributed by atoms with E-state index in [2.05, 4.69) is 45.4 Å². The normalized spacial score (nSPS) is 13.0. The SMILES string of the molecule is COc1cc(OCC2=CC=CCN2C)ccc1/C=C/c1cc(/C=C/c2ccc(OCc3ccccn3)cc2OC)n[nH]1. The molecule has 0 bridgehead atoms. The van der Waals surface area contributed by atoms with Crippen molar-refractivity contribution in [2.75, 3.05) is 34.4 Å². The Balaban J connectivity index is 1.20. The second-order valence-electron chi connectivity index (χ2n) is 9.59. The number of pyridine rings is 1. The summed E-state index contributed by atoms with van der Waals surface area (Å²) in [7, 11) is 5.36. The summed E-state index contributed by atoms with van der Waals surface area (Å²) in [6.07, 6.45) is 15.8. The Bertz CT molecular complexity index is 1610. The van der Waals surface area contributed by atoms with Gasteiger partial charge in [0.05, 0.1) is 37.0 Å². The van der Waals surface area contributed by atoms with E-state index in [-0.39, 0.29) is 0 Å². The molecule has 3 heterocycles. The Morgan fingerprint density at radius 1 is 0.833 bits per heavy atom. The zero-order valence-corrected chi connectivity index (χ0v) is 24.0. The Kier molecular flexibility index (Phi) is 9.36. The van der Waals surface area contributed by atoms with Crippen LogP contribution in [0.15, 0.2) is 90.8 Å². The van der Waals surface area contributed by atoms with Gasteiger partial charge in [0.1, 0.15) is 36.2 Å². The Labute approximate surface area is 246 Å². The van der Waals surface area contributed by atoms with E-state index in [1.807, 2.05) is 85.0 Å². The fourth-order valence-electron chi connectivity index (χ4n) is 4.32. The van der Waals surface area contributed by atoms with Crippen LogP contribution < -0.4 is 18.9 Å². The second kappa shape index (κ2) is 13.9. The van der Waals surface area contributed by atoms with Crippen molar-refractivity contribution in [2.24, 2.45) is 0 Å². The minimum absolute atomic E-state index is 0.390. The molecule has 214 valence electrons. The lowest BCUT2D eigenvalue weighted by molar-refractivity contribution is 0.298. The van der Waals surface area contributed by atoms with Gasteiger partial charge in [-0.25, -0.2) is 0 Å². The van der Waals surface area contributed by atoms with E-state index < -0.39 is 0 Å². The predicted molar refractivity (Wildman–Crippen MR) is 166 cm³/mol. The first-order valence-electron chi connectivity index (χ1n) is 13.6. The monoisotopic (exact) mass is 562 g/mol. The molecule has 0 radical (unpaired) electrons. The van der Waals surface area contributed by atoms with Crippen molar-refractivity contribution in [1.29, 1.82) is 0 Å². The number of aromatic amines is 1. The molecule has 5 rings (SSSR count). The molecule has 8 nitrogen and oxygen atoms in total. The van der Waals surface area contributed by atoms with Gasteiger partial charge in [-0.2, -0.15) is 5.10 Å². The van der Waals surface area contributed by atoms with E-state index >= 15 is 0 Å². The molecule has 0 amide bonds. The molecule has 0 saturated heterocycles. The lowest BCUT2D eigenvalue weighted by Crippen LogP contribution is -2.23. The molecule has 1 N–H and O–H groups in total. The third kappa shape index (κ3) is 7.48. The Morgan fingerprint density at radius 3 is 2.21 bits per heavy atom. The quantitative estimate of drug-likeness (QED) is 0.211. The van der Waals surface area contributed by atoms with E-state index in [9.17, 15) is 0 Å². The number of ether oxygens (including phenoxy) is 4. The summed E-state index contributed by atoms with van der Waals surface area (Å²) in [4.78, 5) is 6.45. The number of rotatable bonds is 12. The molecule has 0 fully saturated rings. The highest BCUT2D eigenvalue weighted by Gasteiger charge is 2.09. The van der Waals surface area contributed by atoms with E-state index in [1.165, 1.54) is 0 Å². The highest BCUT2D eigenvalue weighted by Crippen LogP contribution is 2.28. The van der Waals surface area contributed by atoms with Gasteiger partial charge in [-0.1, -0.05) is 18.2 Å². The van der Waals surface area contributed by atoms with E-state index in [1.54, 1.807) is 20.4 Å². The van der Waals surface area contributed by atoms with Crippen LogP contribution in [0.5, 0.6) is 23.0 Å². The number of aromatic nitrogens is 3. The highest BCUT2D eigenvalue weighted by atomic mass is 16.5. The smallest absolute Gasteiger partial charge is 0.130 e. The maximum Gasteiger partial charge on any atom is 0.130 e. The summed E-state index contributed by atoms with van der Waals surface area (Å²) in [5.74, 6) is 2.90. The average Bonchev–Trinajstić information content (AvgIpc) is 3.50. The zero-order valence-electron chi connectivity index (χ0n) is 24.0. The Hall–Kier alpha value is -5.24. The first kappa shape index (κ1) is 28.3. The first-order valence-corrected chi connectivity index (χ1v) is 13.6. The van der Waals surface area contributed by atoms with E-state index in [0.29, 0.717) is 24.7 Å². The van der Waals surface area contributed by atoms with Crippen molar-refractivity contribution in [3.63, 3.8) is 0 Å². The van der Waals surface area contributed by atoms with Gasteiger partial charge in [-0.3, -0.25) is 10.1 Å². The zero-order chi connectivity index (χ0) is 29.1.